The van der Waals surface area contributed by atoms with Gasteiger partial charge < -0.3 is 10.5 Å². The third-order valence-electron chi connectivity index (χ3n) is 3.68. The number of hydrogen-bond acceptors (Lipinski definition) is 2. The molecular formula is C22H23NO. The quantitative estimate of drug-likeness (QED) is 0.698. The summed E-state index contributed by atoms with van der Waals surface area (Å²) in [4.78, 5) is 0. The molecule has 3 rings (SSSR count). The van der Waals surface area contributed by atoms with Gasteiger partial charge >= 0.3 is 0 Å². The summed E-state index contributed by atoms with van der Waals surface area (Å²) < 4.78 is 45.2. The van der Waals surface area contributed by atoms with E-state index in [4.69, 9.17) is 17.3 Å². The second-order valence-corrected chi connectivity index (χ2v) is 5.66. The number of nitrogens with two attached hydrogens (primary N) is 1. The average molecular weight is 322 g/mol. The van der Waals surface area contributed by atoms with Gasteiger partial charge in [0.2, 0.25) is 0 Å². The van der Waals surface area contributed by atoms with Crippen molar-refractivity contribution in [2.45, 2.75) is 19.1 Å². The van der Waals surface area contributed by atoms with E-state index in [-0.39, 0.29) is 41.8 Å². The van der Waals surface area contributed by atoms with E-state index in [1.165, 1.54) is 0 Å². The normalized spacial score (nSPS) is 15.0. The van der Waals surface area contributed by atoms with Gasteiger partial charge in [-0.15, -0.1) is 0 Å². The van der Waals surface area contributed by atoms with Gasteiger partial charge in [0.1, 0.15) is 0 Å². The van der Waals surface area contributed by atoms with Gasteiger partial charge in [-0.2, -0.15) is 0 Å². The van der Waals surface area contributed by atoms with Crippen molar-refractivity contribution in [3.8, 4) is 11.1 Å². The van der Waals surface area contributed by atoms with Crippen molar-refractivity contribution in [1.29, 1.82) is 0 Å². The molecule has 0 saturated carbocycles. The first-order valence-electron chi connectivity index (χ1n) is 10.4. The smallest absolute Gasteiger partial charge is 0.0717 e. The van der Waals surface area contributed by atoms with Crippen LogP contribution in [0.25, 0.3) is 11.1 Å². The fourth-order valence-electron chi connectivity index (χ4n) is 2.47. The van der Waals surface area contributed by atoms with Gasteiger partial charge in [0.25, 0.3) is 0 Å². The maximum Gasteiger partial charge on any atom is 0.0717 e. The second kappa shape index (κ2) is 8.44. The highest BCUT2D eigenvalue weighted by atomic mass is 16.5. The summed E-state index contributed by atoms with van der Waals surface area (Å²) in [5, 5.41) is 0. The minimum Gasteiger partial charge on any atom is -0.375 e. The lowest BCUT2D eigenvalue weighted by Gasteiger charge is -2.13. The molecule has 3 aromatic rings. The molecule has 0 saturated heterocycles. The van der Waals surface area contributed by atoms with Gasteiger partial charge in [0.05, 0.1) is 20.1 Å². The van der Waals surface area contributed by atoms with Gasteiger partial charge in [-0.1, -0.05) is 84.8 Å². The third-order valence-corrected chi connectivity index (χ3v) is 3.68. The third kappa shape index (κ3) is 4.79. The SMILES string of the molecule is [2H]c1c([2H])c([2H])c(-c2ccc(C[C@@H](N)COCc3ccccc3)cc2)c([2H])c1[2H]. The van der Waals surface area contributed by atoms with E-state index in [0.717, 1.165) is 11.1 Å². The molecule has 0 fully saturated rings. The van der Waals surface area contributed by atoms with E-state index in [9.17, 15) is 0 Å². The van der Waals surface area contributed by atoms with Crippen LogP contribution < -0.4 is 5.73 Å². The maximum atomic E-state index is 8.08. The molecule has 0 aliphatic heterocycles. The molecule has 0 radical (unpaired) electrons. The van der Waals surface area contributed by atoms with Crippen LogP contribution in [-0.2, 0) is 17.8 Å². The summed E-state index contributed by atoms with van der Waals surface area (Å²) in [5.74, 6) is 0. The van der Waals surface area contributed by atoms with E-state index in [0.29, 0.717) is 25.2 Å². The summed E-state index contributed by atoms with van der Waals surface area (Å²) in [5.41, 5.74) is 9.05. The van der Waals surface area contributed by atoms with E-state index < -0.39 is 0 Å². The second-order valence-electron chi connectivity index (χ2n) is 5.66. The molecule has 2 heteroatoms. The Morgan fingerprint density at radius 2 is 1.54 bits per heavy atom. The molecule has 0 aromatic heterocycles. The molecule has 0 aliphatic carbocycles. The van der Waals surface area contributed by atoms with Crippen molar-refractivity contribution < 1.29 is 11.6 Å². The topological polar surface area (TPSA) is 35.2 Å². The van der Waals surface area contributed by atoms with Crippen LogP contribution in [0.1, 0.15) is 18.0 Å². The van der Waals surface area contributed by atoms with E-state index >= 15 is 0 Å². The van der Waals surface area contributed by atoms with E-state index in [1.54, 1.807) is 12.1 Å². The Labute approximate surface area is 150 Å². The first kappa shape index (κ1) is 11.2. The monoisotopic (exact) mass is 322 g/mol. The highest BCUT2D eigenvalue weighted by Crippen LogP contribution is 2.19. The number of rotatable bonds is 7. The number of ether oxygens (including phenoxy) is 1. The molecule has 0 spiro atoms. The van der Waals surface area contributed by atoms with Crippen molar-refractivity contribution in [1.82, 2.24) is 0 Å². The van der Waals surface area contributed by atoms with Crippen LogP contribution >= 0.6 is 0 Å². The van der Waals surface area contributed by atoms with Gasteiger partial charge in [0.15, 0.2) is 0 Å². The van der Waals surface area contributed by atoms with Crippen LogP contribution in [0, 0.1) is 0 Å². The van der Waals surface area contributed by atoms with E-state index in [1.807, 2.05) is 42.5 Å². The summed E-state index contributed by atoms with van der Waals surface area (Å²) in [6.07, 6.45) is 0.621. The Balaban J connectivity index is 1.65. The van der Waals surface area contributed by atoms with Crippen molar-refractivity contribution in [3.63, 3.8) is 0 Å². The molecule has 0 bridgehead atoms. The van der Waals surface area contributed by atoms with Crippen LogP contribution in [0.3, 0.4) is 0 Å². The summed E-state index contributed by atoms with van der Waals surface area (Å²) in [6.45, 7) is 0.947. The fraction of sp³-hybridized carbons (Fsp3) is 0.182. The molecule has 0 unspecified atom stereocenters. The van der Waals surface area contributed by atoms with Crippen LogP contribution in [-0.4, -0.2) is 12.6 Å². The van der Waals surface area contributed by atoms with E-state index in [2.05, 4.69) is 0 Å². The van der Waals surface area contributed by atoms with Crippen LogP contribution in [0.4, 0.5) is 0 Å². The largest absolute Gasteiger partial charge is 0.375 e. The molecule has 3 aromatic carbocycles. The minimum absolute atomic E-state index is 0.162. The Morgan fingerprint density at radius 1 is 0.833 bits per heavy atom. The average Bonchev–Trinajstić information content (AvgIpc) is 2.73. The van der Waals surface area contributed by atoms with Gasteiger partial charge in [0, 0.05) is 6.04 Å². The van der Waals surface area contributed by atoms with Crippen LogP contribution in [0.5, 0.6) is 0 Å². The molecular weight excluding hydrogens is 294 g/mol. The Morgan fingerprint density at radius 3 is 2.25 bits per heavy atom. The molecule has 122 valence electrons. The zero-order valence-electron chi connectivity index (χ0n) is 18.4. The van der Waals surface area contributed by atoms with Gasteiger partial charge in [-0.3, -0.25) is 0 Å². The maximum absolute atomic E-state index is 8.08. The predicted octanol–water partition coefficient (Wildman–Crippen LogP) is 4.44. The highest BCUT2D eigenvalue weighted by Gasteiger charge is 2.05. The molecule has 0 heterocycles. The lowest BCUT2D eigenvalue weighted by molar-refractivity contribution is 0.108. The van der Waals surface area contributed by atoms with Crippen molar-refractivity contribution >= 4 is 0 Å². The standard InChI is InChI=1S/C22H23NO/c23-22(17-24-16-19-7-3-1-4-8-19)15-18-11-13-21(14-12-18)20-9-5-2-6-10-20/h1-14,22H,15-17,23H2/t22-/m1/s1/i2D,5D,6D,9D,10D. The fourth-order valence-corrected chi connectivity index (χ4v) is 2.47. The Kier molecular flexibility index (Phi) is 3.93. The number of hydrogen-bond donors (Lipinski definition) is 1. The van der Waals surface area contributed by atoms with Gasteiger partial charge in [-0.05, 0) is 28.7 Å². The number of benzene rings is 3. The summed E-state index contributed by atoms with van der Waals surface area (Å²) in [6, 6.07) is 15.6. The molecule has 0 aliphatic rings. The minimum atomic E-state index is -0.387. The zero-order chi connectivity index (χ0) is 21.0. The van der Waals surface area contributed by atoms with Crippen molar-refractivity contribution in [2.24, 2.45) is 5.73 Å². The van der Waals surface area contributed by atoms with Crippen molar-refractivity contribution in [2.75, 3.05) is 6.61 Å². The van der Waals surface area contributed by atoms with Crippen LogP contribution in [0.15, 0.2) is 84.8 Å². The Bertz CT molecular complexity index is 948. The predicted molar refractivity (Wildman–Crippen MR) is 99.7 cm³/mol. The lowest BCUT2D eigenvalue weighted by Crippen LogP contribution is -2.28. The first-order valence-corrected chi connectivity index (χ1v) is 7.92. The molecule has 2 N–H and O–H groups in total. The summed E-state index contributed by atoms with van der Waals surface area (Å²) in [7, 11) is 0. The highest BCUT2D eigenvalue weighted by molar-refractivity contribution is 5.63. The molecule has 2 nitrogen and oxygen atoms in total. The molecule has 1 atom stereocenters. The molecule has 0 amide bonds. The van der Waals surface area contributed by atoms with Crippen LogP contribution in [0.2, 0.25) is 0 Å². The summed E-state index contributed by atoms with van der Waals surface area (Å²) >= 11 is 0. The zero-order valence-corrected chi connectivity index (χ0v) is 13.4. The van der Waals surface area contributed by atoms with Crippen molar-refractivity contribution in [3.05, 3.63) is 95.9 Å². The molecule has 24 heavy (non-hydrogen) atoms. The first-order chi connectivity index (χ1) is 13.9. The Hall–Kier alpha value is -2.42. The van der Waals surface area contributed by atoms with Gasteiger partial charge in [-0.25, -0.2) is 0 Å². The lowest BCUT2D eigenvalue weighted by atomic mass is 10.0.